The molecule has 0 radical (unpaired) electrons. The Balaban J connectivity index is 1.79. The van der Waals surface area contributed by atoms with Crippen molar-refractivity contribution in [1.82, 2.24) is 9.88 Å². The van der Waals surface area contributed by atoms with Gasteiger partial charge in [-0.25, -0.2) is 0 Å². The minimum Gasteiger partial charge on any atom is -0.497 e. The van der Waals surface area contributed by atoms with Crippen molar-refractivity contribution in [3.8, 4) is 5.75 Å². The Kier molecular flexibility index (Phi) is 4.20. The minimum atomic E-state index is 0.513. The van der Waals surface area contributed by atoms with Crippen LogP contribution < -0.4 is 4.74 Å². The summed E-state index contributed by atoms with van der Waals surface area (Å²) >= 11 is 0. The van der Waals surface area contributed by atoms with Crippen LogP contribution in [0.4, 0.5) is 0 Å². The molecule has 21 heavy (non-hydrogen) atoms. The lowest BCUT2D eigenvalue weighted by Gasteiger charge is -2.25. The summed E-state index contributed by atoms with van der Waals surface area (Å²) in [5, 5.41) is 0. The smallest absolute Gasteiger partial charge is 0.122 e. The molecule has 3 heteroatoms. The Morgan fingerprint density at radius 2 is 2.14 bits per heavy atom. The van der Waals surface area contributed by atoms with Crippen LogP contribution in [-0.2, 0) is 6.54 Å². The van der Waals surface area contributed by atoms with Gasteiger partial charge in [0, 0.05) is 24.8 Å². The molecule has 2 aromatic rings. The Morgan fingerprint density at radius 3 is 2.95 bits per heavy atom. The van der Waals surface area contributed by atoms with Crippen LogP contribution in [0.25, 0.3) is 0 Å². The minimum absolute atomic E-state index is 0.513. The fraction of sp³-hybridized carbons (Fsp3) is 0.389. The summed E-state index contributed by atoms with van der Waals surface area (Å²) in [6, 6.07) is 13.2. The molecule has 0 saturated carbocycles. The van der Waals surface area contributed by atoms with Crippen LogP contribution in [0.5, 0.6) is 5.75 Å². The lowest BCUT2D eigenvalue weighted by molar-refractivity contribution is 0.244. The van der Waals surface area contributed by atoms with Crippen LogP contribution in [-0.4, -0.2) is 23.5 Å². The van der Waals surface area contributed by atoms with E-state index < -0.39 is 0 Å². The van der Waals surface area contributed by atoms with Crippen molar-refractivity contribution in [3.05, 3.63) is 59.4 Å². The number of rotatable bonds is 4. The van der Waals surface area contributed by atoms with E-state index in [1.54, 1.807) is 7.11 Å². The Hall–Kier alpha value is -1.87. The molecule has 0 bridgehead atoms. The molecule has 3 rings (SSSR count). The van der Waals surface area contributed by atoms with Crippen molar-refractivity contribution in [1.29, 1.82) is 0 Å². The lowest BCUT2D eigenvalue weighted by atomic mass is 9.99. The largest absolute Gasteiger partial charge is 0.497 e. The summed E-state index contributed by atoms with van der Waals surface area (Å²) in [4.78, 5) is 7.01. The standard InChI is InChI=1S/C18H22N2O/c1-14-6-3-4-7-17(14)18-8-5-11-20(18)13-15-12-16(21-2)9-10-19-15/h3-4,6-7,9-10,12,18H,5,8,11,13H2,1-2H3/t18-/m1/s1. The summed E-state index contributed by atoms with van der Waals surface area (Å²) in [6.45, 7) is 4.23. The molecule has 0 unspecified atom stereocenters. The predicted molar refractivity (Wildman–Crippen MR) is 84.4 cm³/mol. The molecule has 2 heterocycles. The molecule has 1 aromatic carbocycles. The molecule has 0 aliphatic carbocycles. The molecule has 1 aliphatic rings. The zero-order valence-electron chi connectivity index (χ0n) is 12.7. The van der Waals surface area contributed by atoms with Gasteiger partial charge >= 0.3 is 0 Å². The molecule has 1 aliphatic heterocycles. The van der Waals surface area contributed by atoms with Gasteiger partial charge in [-0.05, 0) is 43.5 Å². The van der Waals surface area contributed by atoms with Crippen molar-refractivity contribution in [3.63, 3.8) is 0 Å². The number of nitrogens with zero attached hydrogens (tertiary/aromatic N) is 2. The van der Waals surface area contributed by atoms with Crippen LogP contribution in [0.15, 0.2) is 42.6 Å². The molecule has 3 nitrogen and oxygen atoms in total. The first-order valence-corrected chi connectivity index (χ1v) is 7.56. The van der Waals surface area contributed by atoms with Gasteiger partial charge in [-0.3, -0.25) is 9.88 Å². The van der Waals surface area contributed by atoms with Crippen molar-refractivity contribution in [2.75, 3.05) is 13.7 Å². The van der Waals surface area contributed by atoms with E-state index in [9.17, 15) is 0 Å². The molecule has 1 atom stereocenters. The molecule has 1 fully saturated rings. The molecule has 0 amide bonds. The fourth-order valence-corrected chi connectivity index (χ4v) is 3.21. The Bertz CT molecular complexity index is 612. The van der Waals surface area contributed by atoms with Crippen LogP contribution in [0, 0.1) is 6.92 Å². The van der Waals surface area contributed by atoms with Crippen molar-refractivity contribution < 1.29 is 4.74 Å². The maximum atomic E-state index is 5.29. The fourth-order valence-electron chi connectivity index (χ4n) is 3.21. The van der Waals surface area contributed by atoms with E-state index >= 15 is 0 Å². The first-order chi connectivity index (χ1) is 10.3. The molecule has 1 aromatic heterocycles. The van der Waals surface area contributed by atoms with Gasteiger partial charge in [0.25, 0.3) is 0 Å². The van der Waals surface area contributed by atoms with Gasteiger partial charge in [0.2, 0.25) is 0 Å². The summed E-state index contributed by atoms with van der Waals surface area (Å²) in [5.74, 6) is 0.881. The Labute approximate surface area is 126 Å². The second-order valence-corrected chi connectivity index (χ2v) is 5.67. The SMILES string of the molecule is COc1ccnc(CN2CCC[C@@H]2c2ccccc2C)c1. The summed E-state index contributed by atoms with van der Waals surface area (Å²) in [6.07, 6.45) is 4.31. The van der Waals surface area contributed by atoms with Crippen molar-refractivity contribution in [2.24, 2.45) is 0 Å². The van der Waals surface area contributed by atoms with Crippen LogP contribution in [0.3, 0.4) is 0 Å². The van der Waals surface area contributed by atoms with E-state index in [4.69, 9.17) is 4.74 Å². The highest BCUT2D eigenvalue weighted by atomic mass is 16.5. The van der Waals surface area contributed by atoms with Gasteiger partial charge in [0.15, 0.2) is 0 Å². The number of aryl methyl sites for hydroxylation is 1. The zero-order valence-corrected chi connectivity index (χ0v) is 12.7. The van der Waals surface area contributed by atoms with E-state index in [2.05, 4.69) is 41.1 Å². The second-order valence-electron chi connectivity index (χ2n) is 5.67. The van der Waals surface area contributed by atoms with Crippen LogP contribution >= 0.6 is 0 Å². The lowest BCUT2D eigenvalue weighted by Crippen LogP contribution is -2.23. The van der Waals surface area contributed by atoms with Gasteiger partial charge in [-0.1, -0.05) is 24.3 Å². The molecule has 110 valence electrons. The molecular formula is C18H22N2O. The van der Waals surface area contributed by atoms with Gasteiger partial charge < -0.3 is 4.74 Å². The number of ether oxygens (including phenoxy) is 1. The highest BCUT2D eigenvalue weighted by Gasteiger charge is 2.27. The number of aromatic nitrogens is 1. The van der Waals surface area contributed by atoms with Crippen molar-refractivity contribution in [2.45, 2.75) is 32.4 Å². The van der Waals surface area contributed by atoms with Crippen LogP contribution in [0.1, 0.15) is 35.7 Å². The number of benzene rings is 1. The number of hydrogen-bond acceptors (Lipinski definition) is 3. The maximum Gasteiger partial charge on any atom is 0.122 e. The normalized spacial score (nSPS) is 18.9. The van der Waals surface area contributed by atoms with E-state index in [1.165, 1.54) is 24.0 Å². The number of likely N-dealkylation sites (tertiary alicyclic amines) is 1. The topological polar surface area (TPSA) is 25.4 Å². The second kappa shape index (κ2) is 6.27. The summed E-state index contributed by atoms with van der Waals surface area (Å²) in [5.41, 5.74) is 3.92. The third-order valence-corrected chi connectivity index (χ3v) is 4.30. The number of pyridine rings is 1. The van der Waals surface area contributed by atoms with Gasteiger partial charge in [-0.2, -0.15) is 0 Å². The van der Waals surface area contributed by atoms with Crippen LogP contribution in [0.2, 0.25) is 0 Å². The van der Waals surface area contributed by atoms with E-state index in [0.717, 1.165) is 24.5 Å². The van der Waals surface area contributed by atoms with Crippen molar-refractivity contribution >= 4 is 0 Å². The summed E-state index contributed by atoms with van der Waals surface area (Å²) < 4.78 is 5.29. The molecular weight excluding hydrogens is 260 g/mol. The van der Waals surface area contributed by atoms with Gasteiger partial charge in [-0.15, -0.1) is 0 Å². The number of methoxy groups -OCH3 is 1. The average molecular weight is 282 g/mol. The molecule has 0 spiro atoms. The van der Waals surface area contributed by atoms with E-state index in [1.807, 2.05) is 18.3 Å². The molecule has 1 saturated heterocycles. The zero-order chi connectivity index (χ0) is 14.7. The highest BCUT2D eigenvalue weighted by Crippen LogP contribution is 2.34. The Morgan fingerprint density at radius 1 is 1.29 bits per heavy atom. The van der Waals surface area contributed by atoms with Gasteiger partial charge in [0.1, 0.15) is 5.75 Å². The average Bonchev–Trinajstić information content (AvgIpc) is 2.96. The van der Waals surface area contributed by atoms with E-state index in [-0.39, 0.29) is 0 Å². The maximum absolute atomic E-state index is 5.29. The van der Waals surface area contributed by atoms with Gasteiger partial charge in [0.05, 0.1) is 12.8 Å². The third-order valence-electron chi connectivity index (χ3n) is 4.30. The quantitative estimate of drug-likeness (QED) is 0.854. The monoisotopic (exact) mass is 282 g/mol. The first kappa shape index (κ1) is 14.1. The molecule has 0 N–H and O–H groups in total. The van der Waals surface area contributed by atoms with E-state index in [0.29, 0.717) is 6.04 Å². The predicted octanol–water partition coefficient (Wildman–Crippen LogP) is 3.74. The third kappa shape index (κ3) is 3.08. The highest BCUT2D eigenvalue weighted by molar-refractivity contribution is 5.30. The first-order valence-electron chi connectivity index (χ1n) is 7.56. The number of hydrogen-bond donors (Lipinski definition) is 0. The summed E-state index contributed by atoms with van der Waals surface area (Å²) in [7, 11) is 1.70.